The Morgan fingerprint density at radius 2 is 1.23 bits per heavy atom. The second-order valence-electron chi connectivity index (χ2n) is 8.62. The van der Waals surface area contributed by atoms with E-state index >= 15 is 0 Å². The Morgan fingerprint density at radius 3 is 1.80 bits per heavy atom. The number of aryl methyl sites for hydroxylation is 1. The molecule has 1 aliphatic rings. The normalized spacial score (nSPS) is 14.2. The average molecular weight is 534 g/mol. The predicted molar refractivity (Wildman–Crippen MR) is 154 cm³/mol. The summed E-state index contributed by atoms with van der Waals surface area (Å²) < 4.78 is 2.42. The Hall–Kier alpha value is -2.08. The van der Waals surface area contributed by atoms with Crippen LogP contribution >= 0.6 is 37.2 Å². The number of benzene rings is 3. The van der Waals surface area contributed by atoms with Crippen LogP contribution in [0.1, 0.15) is 29.9 Å². The summed E-state index contributed by atoms with van der Waals surface area (Å²) in [7, 11) is 0. The molecule has 0 spiro atoms. The molecule has 0 unspecified atom stereocenters. The molecule has 7 heteroatoms. The first-order chi connectivity index (χ1) is 15.8. The maximum atomic E-state index is 4.83. The average Bonchev–Trinajstić information content (AvgIpc) is 3.23. The summed E-state index contributed by atoms with van der Waals surface area (Å²) in [6, 6.07) is 30.7. The summed E-state index contributed by atoms with van der Waals surface area (Å²) >= 11 is 0. The fourth-order valence-electron chi connectivity index (χ4n) is 5.02. The summed E-state index contributed by atoms with van der Waals surface area (Å²) in [5.74, 6) is 1.19. The van der Waals surface area contributed by atoms with E-state index in [1.54, 1.807) is 0 Å². The lowest BCUT2D eigenvalue weighted by Crippen LogP contribution is -2.48. The molecule has 0 atom stereocenters. The molecule has 188 valence electrons. The molecule has 35 heavy (non-hydrogen) atoms. The number of hydrogen-bond acceptors (Lipinski definition) is 3. The monoisotopic (exact) mass is 532 g/mol. The van der Waals surface area contributed by atoms with Crippen molar-refractivity contribution in [3.05, 3.63) is 102 Å². The highest BCUT2D eigenvalue weighted by molar-refractivity contribution is 5.86. The van der Waals surface area contributed by atoms with Crippen LogP contribution < -0.4 is 0 Å². The third-order valence-corrected chi connectivity index (χ3v) is 6.69. The van der Waals surface area contributed by atoms with E-state index in [0.29, 0.717) is 6.04 Å². The van der Waals surface area contributed by atoms with Crippen molar-refractivity contribution in [2.45, 2.75) is 25.9 Å². The van der Waals surface area contributed by atoms with Crippen LogP contribution in [-0.2, 0) is 13.0 Å². The number of aromatic nitrogens is 2. The second kappa shape index (κ2) is 13.9. The van der Waals surface area contributed by atoms with Gasteiger partial charge in [-0.15, -0.1) is 37.2 Å². The first kappa shape index (κ1) is 29.2. The smallest absolute Gasteiger partial charge is 0.109 e. The van der Waals surface area contributed by atoms with Crippen molar-refractivity contribution in [1.82, 2.24) is 19.4 Å². The van der Waals surface area contributed by atoms with Gasteiger partial charge in [-0.05, 0) is 23.3 Å². The minimum Gasteiger partial charge on any atom is -0.327 e. The lowest BCUT2D eigenvalue weighted by atomic mass is 9.96. The lowest BCUT2D eigenvalue weighted by molar-refractivity contribution is 0.107. The maximum Gasteiger partial charge on any atom is 0.109 e. The zero-order valence-electron chi connectivity index (χ0n) is 20.1. The predicted octanol–water partition coefficient (Wildman–Crippen LogP) is 6.27. The minimum absolute atomic E-state index is 0. The number of rotatable bonds is 7. The van der Waals surface area contributed by atoms with Gasteiger partial charge in [-0.1, -0.05) is 79.7 Å². The van der Waals surface area contributed by atoms with Crippen LogP contribution in [0.4, 0.5) is 0 Å². The Balaban J connectivity index is 0.00000144. The summed E-state index contributed by atoms with van der Waals surface area (Å²) in [5, 5.41) is 0. The Morgan fingerprint density at radius 1 is 0.686 bits per heavy atom. The number of halogens is 3. The van der Waals surface area contributed by atoms with E-state index < -0.39 is 0 Å². The van der Waals surface area contributed by atoms with Gasteiger partial charge in [-0.25, -0.2) is 4.98 Å². The molecule has 1 aromatic heterocycles. The van der Waals surface area contributed by atoms with Gasteiger partial charge < -0.3 is 4.57 Å². The summed E-state index contributed by atoms with van der Waals surface area (Å²) in [6.07, 6.45) is 0.971. The van der Waals surface area contributed by atoms with Crippen LogP contribution in [0.25, 0.3) is 11.0 Å². The van der Waals surface area contributed by atoms with E-state index in [1.165, 1.54) is 22.5 Å². The molecule has 1 saturated heterocycles. The standard InChI is InChI=1S/C28H32N4.3ClH/c1-2-27-29-25-15-9-10-16-26(25)32(27)22-19-30-17-20-31(21-18-30)28(23-11-5-3-6-12-23)24-13-7-4-8-14-24;;;/h3-16,28H,2,17-22H2,1H3;3*1H. The van der Waals surface area contributed by atoms with E-state index in [9.17, 15) is 0 Å². The Labute approximate surface area is 227 Å². The van der Waals surface area contributed by atoms with Crippen molar-refractivity contribution in [3.8, 4) is 0 Å². The summed E-state index contributed by atoms with van der Waals surface area (Å²) in [5.41, 5.74) is 5.13. The van der Waals surface area contributed by atoms with Gasteiger partial charge in [0.15, 0.2) is 0 Å². The van der Waals surface area contributed by atoms with Gasteiger partial charge in [0.05, 0.1) is 17.1 Å². The number of imidazole rings is 1. The van der Waals surface area contributed by atoms with Crippen LogP contribution in [0.3, 0.4) is 0 Å². The van der Waals surface area contributed by atoms with E-state index in [2.05, 4.69) is 106 Å². The van der Waals surface area contributed by atoms with Crippen molar-refractivity contribution < 1.29 is 0 Å². The van der Waals surface area contributed by atoms with Gasteiger partial charge in [0, 0.05) is 45.7 Å². The van der Waals surface area contributed by atoms with Crippen molar-refractivity contribution in [3.63, 3.8) is 0 Å². The van der Waals surface area contributed by atoms with Crippen LogP contribution in [0, 0.1) is 0 Å². The second-order valence-corrected chi connectivity index (χ2v) is 8.62. The molecular weight excluding hydrogens is 499 g/mol. The molecule has 1 aliphatic heterocycles. The van der Waals surface area contributed by atoms with Crippen LogP contribution in [-0.4, -0.2) is 52.1 Å². The fourth-order valence-corrected chi connectivity index (χ4v) is 5.02. The molecule has 5 rings (SSSR count). The van der Waals surface area contributed by atoms with Gasteiger partial charge in [-0.3, -0.25) is 9.80 Å². The van der Waals surface area contributed by atoms with E-state index in [1.807, 2.05) is 0 Å². The van der Waals surface area contributed by atoms with E-state index in [0.717, 1.165) is 51.2 Å². The molecule has 2 heterocycles. The van der Waals surface area contributed by atoms with Crippen molar-refractivity contribution >= 4 is 48.3 Å². The quantitative estimate of drug-likeness (QED) is 0.280. The zero-order valence-corrected chi connectivity index (χ0v) is 22.6. The van der Waals surface area contributed by atoms with Crippen molar-refractivity contribution in [1.29, 1.82) is 0 Å². The van der Waals surface area contributed by atoms with Gasteiger partial charge in [-0.2, -0.15) is 0 Å². The highest BCUT2D eigenvalue weighted by atomic mass is 35.5. The van der Waals surface area contributed by atoms with Crippen LogP contribution in [0.2, 0.25) is 0 Å². The van der Waals surface area contributed by atoms with Gasteiger partial charge in [0.1, 0.15) is 5.82 Å². The zero-order chi connectivity index (χ0) is 21.8. The van der Waals surface area contributed by atoms with Crippen LogP contribution in [0.5, 0.6) is 0 Å². The molecule has 4 nitrogen and oxygen atoms in total. The number of para-hydroxylation sites is 2. The molecule has 4 aromatic rings. The number of nitrogens with zero attached hydrogens (tertiary/aromatic N) is 4. The molecule has 0 radical (unpaired) electrons. The first-order valence-corrected chi connectivity index (χ1v) is 11.8. The topological polar surface area (TPSA) is 24.3 Å². The van der Waals surface area contributed by atoms with Gasteiger partial charge >= 0.3 is 0 Å². The number of fused-ring (bicyclic) bond motifs is 1. The highest BCUT2D eigenvalue weighted by Gasteiger charge is 2.26. The largest absolute Gasteiger partial charge is 0.327 e. The highest BCUT2D eigenvalue weighted by Crippen LogP contribution is 2.29. The number of piperazine rings is 1. The lowest BCUT2D eigenvalue weighted by Gasteiger charge is -2.40. The minimum atomic E-state index is 0. The first-order valence-electron chi connectivity index (χ1n) is 11.8. The van der Waals surface area contributed by atoms with Gasteiger partial charge in [0.2, 0.25) is 0 Å². The SMILES string of the molecule is CCc1nc2ccccc2n1CCN1CCN(C(c2ccccc2)c2ccccc2)CC1.Cl.Cl.Cl. The Bertz CT molecular complexity index is 1100. The summed E-state index contributed by atoms with van der Waals surface area (Å²) in [6.45, 7) is 8.64. The molecule has 0 aliphatic carbocycles. The van der Waals surface area contributed by atoms with E-state index in [4.69, 9.17) is 4.98 Å². The number of hydrogen-bond donors (Lipinski definition) is 0. The fraction of sp³-hybridized carbons (Fsp3) is 0.321. The summed E-state index contributed by atoms with van der Waals surface area (Å²) in [4.78, 5) is 10.1. The van der Waals surface area contributed by atoms with Crippen LogP contribution in [0.15, 0.2) is 84.9 Å². The molecule has 0 bridgehead atoms. The molecule has 3 aromatic carbocycles. The van der Waals surface area contributed by atoms with Crippen molar-refractivity contribution in [2.75, 3.05) is 32.7 Å². The molecule has 0 N–H and O–H groups in total. The van der Waals surface area contributed by atoms with Gasteiger partial charge in [0.25, 0.3) is 0 Å². The van der Waals surface area contributed by atoms with Crippen molar-refractivity contribution in [2.24, 2.45) is 0 Å². The van der Waals surface area contributed by atoms with E-state index in [-0.39, 0.29) is 37.2 Å². The third kappa shape index (κ3) is 6.58. The molecule has 0 saturated carbocycles. The molecule has 0 amide bonds. The molecule has 1 fully saturated rings. The maximum absolute atomic E-state index is 4.83. The Kier molecular flexibility index (Phi) is 11.5. The third-order valence-electron chi connectivity index (χ3n) is 6.69. The molecular formula is C28H35Cl3N4.